The molecule has 0 fully saturated rings. The molecule has 0 amide bonds. The Bertz CT molecular complexity index is 3450. The molecule has 0 unspecified atom stereocenters. The van der Waals surface area contributed by atoms with E-state index in [0.29, 0.717) is 0 Å². The molecule has 5 aromatic heterocycles. The van der Waals surface area contributed by atoms with Crippen LogP contribution in [0, 0.1) is 0 Å². The van der Waals surface area contributed by atoms with E-state index in [4.69, 9.17) is 4.98 Å². The van der Waals surface area contributed by atoms with Gasteiger partial charge in [-0.3, -0.25) is 4.57 Å². The Kier molecular flexibility index (Phi) is 5.74. The minimum atomic E-state index is 0.902. The van der Waals surface area contributed by atoms with Crippen LogP contribution in [0.15, 0.2) is 182 Å². The van der Waals surface area contributed by atoms with Gasteiger partial charge in [0.1, 0.15) is 5.82 Å². The first-order valence-electron chi connectivity index (χ1n) is 18.1. The zero-order valence-corrected chi connectivity index (χ0v) is 28.6. The van der Waals surface area contributed by atoms with Gasteiger partial charge in [0.15, 0.2) is 0 Å². The van der Waals surface area contributed by atoms with Crippen LogP contribution in [0.5, 0.6) is 0 Å². The third kappa shape index (κ3) is 3.98. The van der Waals surface area contributed by atoms with E-state index in [1.807, 2.05) is 6.20 Å². The number of rotatable bonds is 3. The first-order valence-corrected chi connectivity index (χ1v) is 18.1. The molecule has 12 rings (SSSR count). The summed E-state index contributed by atoms with van der Waals surface area (Å²) < 4.78 is 7.15. The van der Waals surface area contributed by atoms with E-state index in [1.54, 1.807) is 0 Å². The standard InChI is InChI=1S/C49H30N4/c1-2-12-34(13-3-1)51-42-19-9-7-17-38(42)40-26-31(22-23-45(40)51)32-24-25-50-49(29-32)53-44-21-11-8-18-39(44)41-30-46-33(28-48(41)53)27-47-37-16-5-4-14-35(37)36-15-6-10-20-43(36)52(46)47/h1-30H. The Morgan fingerprint density at radius 2 is 0.868 bits per heavy atom. The number of nitrogens with zero attached hydrogens (tertiary/aromatic N) is 4. The minimum Gasteiger partial charge on any atom is -0.309 e. The number of para-hydroxylation sites is 4. The Morgan fingerprint density at radius 3 is 1.62 bits per heavy atom. The van der Waals surface area contributed by atoms with Gasteiger partial charge in [0, 0.05) is 49.6 Å². The summed E-state index contributed by atoms with van der Waals surface area (Å²) in [6, 6.07) is 63.9. The SMILES string of the molecule is c1ccc(-n2c3ccccc3c3cc(-c4ccnc(-n5c6ccccc6c6cc7c(cc65)cc5c6ccccc6c6ccccc6n75)c4)ccc32)cc1. The zero-order valence-electron chi connectivity index (χ0n) is 28.6. The predicted octanol–water partition coefficient (Wildman–Crippen LogP) is 12.7. The second-order valence-corrected chi connectivity index (χ2v) is 14.0. The summed E-state index contributed by atoms with van der Waals surface area (Å²) in [6.07, 6.45) is 1.95. The number of pyridine rings is 2. The lowest BCUT2D eigenvalue weighted by atomic mass is 10.0. The maximum Gasteiger partial charge on any atom is 0.138 e. The first-order chi connectivity index (χ1) is 26.3. The van der Waals surface area contributed by atoms with Crippen molar-refractivity contribution in [1.29, 1.82) is 0 Å². The van der Waals surface area contributed by atoms with Gasteiger partial charge in [-0.05, 0) is 89.3 Å². The molecule has 0 N–H and O–H groups in total. The van der Waals surface area contributed by atoms with Crippen LogP contribution < -0.4 is 0 Å². The van der Waals surface area contributed by atoms with Gasteiger partial charge < -0.3 is 8.97 Å². The molecule has 0 aliphatic rings. The lowest BCUT2D eigenvalue weighted by Gasteiger charge is -2.11. The fourth-order valence-electron chi connectivity index (χ4n) is 8.94. The topological polar surface area (TPSA) is 27.2 Å². The van der Waals surface area contributed by atoms with Crippen LogP contribution in [0.2, 0.25) is 0 Å². The molecule has 4 heteroatoms. The van der Waals surface area contributed by atoms with Crippen LogP contribution in [-0.2, 0) is 0 Å². The molecule has 0 bridgehead atoms. The van der Waals surface area contributed by atoms with Crippen LogP contribution in [0.1, 0.15) is 0 Å². The highest BCUT2D eigenvalue weighted by molar-refractivity contribution is 6.19. The molecular weight excluding hydrogens is 645 g/mol. The molecule has 0 aliphatic carbocycles. The highest BCUT2D eigenvalue weighted by Crippen LogP contribution is 2.40. The molecule has 7 aromatic carbocycles. The number of aromatic nitrogens is 4. The molecule has 0 aliphatic heterocycles. The first kappa shape index (κ1) is 28.5. The summed E-state index contributed by atoms with van der Waals surface area (Å²) in [6.45, 7) is 0. The monoisotopic (exact) mass is 674 g/mol. The van der Waals surface area contributed by atoms with E-state index in [9.17, 15) is 0 Å². The largest absolute Gasteiger partial charge is 0.309 e. The molecule has 246 valence electrons. The van der Waals surface area contributed by atoms with Crippen LogP contribution in [0.3, 0.4) is 0 Å². The Balaban J connectivity index is 1.09. The van der Waals surface area contributed by atoms with Gasteiger partial charge in [-0.25, -0.2) is 4.98 Å². The van der Waals surface area contributed by atoms with E-state index < -0.39 is 0 Å². The molecule has 4 nitrogen and oxygen atoms in total. The predicted molar refractivity (Wildman–Crippen MR) is 222 cm³/mol. The van der Waals surface area contributed by atoms with E-state index in [1.165, 1.54) is 70.7 Å². The van der Waals surface area contributed by atoms with E-state index in [-0.39, 0.29) is 0 Å². The van der Waals surface area contributed by atoms with Crippen molar-refractivity contribution in [2.75, 3.05) is 0 Å². The van der Waals surface area contributed by atoms with Crippen LogP contribution in [-0.4, -0.2) is 18.5 Å². The van der Waals surface area contributed by atoms with Gasteiger partial charge in [0.05, 0.1) is 38.6 Å². The summed E-state index contributed by atoms with van der Waals surface area (Å²) in [7, 11) is 0. The van der Waals surface area contributed by atoms with Crippen molar-refractivity contribution >= 4 is 81.7 Å². The minimum absolute atomic E-state index is 0.902. The quantitative estimate of drug-likeness (QED) is 0.171. The molecular formula is C49H30N4. The summed E-state index contributed by atoms with van der Waals surface area (Å²) in [5, 5.41) is 9.92. The number of hydrogen-bond donors (Lipinski definition) is 0. The smallest absolute Gasteiger partial charge is 0.138 e. The van der Waals surface area contributed by atoms with Gasteiger partial charge in [-0.1, -0.05) is 103 Å². The lowest BCUT2D eigenvalue weighted by molar-refractivity contribution is 1.08. The normalized spacial score (nSPS) is 12.2. The average Bonchev–Trinajstić information content (AvgIpc) is 3.88. The third-order valence-electron chi connectivity index (χ3n) is 11.2. The molecule has 0 radical (unpaired) electrons. The Morgan fingerprint density at radius 1 is 0.321 bits per heavy atom. The van der Waals surface area contributed by atoms with Gasteiger partial charge in [-0.2, -0.15) is 0 Å². The van der Waals surface area contributed by atoms with Crippen LogP contribution in [0.25, 0.3) is 104 Å². The molecule has 0 atom stereocenters. The van der Waals surface area contributed by atoms with Crippen molar-refractivity contribution in [3.8, 4) is 22.6 Å². The van der Waals surface area contributed by atoms with Gasteiger partial charge >= 0.3 is 0 Å². The maximum atomic E-state index is 5.02. The van der Waals surface area contributed by atoms with Gasteiger partial charge in [0.2, 0.25) is 0 Å². The molecule has 53 heavy (non-hydrogen) atoms. The average molecular weight is 675 g/mol. The highest BCUT2D eigenvalue weighted by atomic mass is 15.1. The van der Waals surface area contributed by atoms with Crippen molar-refractivity contribution in [3.05, 3.63) is 182 Å². The van der Waals surface area contributed by atoms with Crippen molar-refractivity contribution in [2.45, 2.75) is 0 Å². The van der Waals surface area contributed by atoms with Crippen molar-refractivity contribution in [3.63, 3.8) is 0 Å². The Labute approximate surface area is 304 Å². The number of hydrogen-bond acceptors (Lipinski definition) is 1. The van der Waals surface area contributed by atoms with Crippen LogP contribution in [0.4, 0.5) is 0 Å². The molecule has 0 saturated heterocycles. The number of benzene rings is 7. The summed E-state index contributed by atoms with van der Waals surface area (Å²) in [5.41, 5.74) is 11.8. The van der Waals surface area contributed by atoms with E-state index >= 15 is 0 Å². The van der Waals surface area contributed by atoms with Crippen molar-refractivity contribution in [1.82, 2.24) is 18.5 Å². The van der Waals surface area contributed by atoms with Gasteiger partial charge in [0.25, 0.3) is 0 Å². The summed E-state index contributed by atoms with van der Waals surface area (Å²) in [4.78, 5) is 5.02. The summed E-state index contributed by atoms with van der Waals surface area (Å²) >= 11 is 0. The second-order valence-electron chi connectivity index (χ2n) is 14.0. The molecule has 0 spiro atoms. The summed E-state index contributed by atoms with van der Waals surface area (Å²) in [5.74, 6) is 0.902. The maximum absolute atomic E-state index is 5.02. The van der Waals surface area contributed by atoms with Crippen LogP contribution >= 0.6 is 0 Å². The zero-order chi connectivity index (χ0) is 34.6. The lowest BCUT2D eigenvalue weighted by Crippen LogP contribution is -1.97. The van der Waals surface area contributed by atoms with Crippen molar-refractivity contribution < 1.29 is 0 Å². The Hall–Kier alpha value is -7.17. The number of fused-ring (bicyclic) bond motifs is 14. The fourth-order valence-corrected chi connectivity index (χ4v) is 8.94. The molecule has 12 aromatic rings. The second kappa shape index (κ2) is 10.7. The van der Waals surface area contributed by atoms with Gasteiger partial charge in [-0.15, -0.1) is 0 Å². The fraction of sp³-hybridized carbons (Fsp3) is 0. The van der Waals surface area contributed by atoms with E-state index in [2.05, 4.69) is 189 Å². The molecule has 5 heterocycles. The highest BCUT2D eigenvalue weighted by Gasteiger charge is 2.19. The van der Waals surface area contributed by atoms with Crippen molar-refractivity contribution in [2.24, 2.45) is 0 Å². The third-order valence-corrected chi connectivity index (χ3v) is 11.2. The van der Waals surface area contributed by atoms with E-state index in [0.717, 1.165) is 33.7 Å². The molecule has 0 saturated carbocycles.